The predicted molar refractivity (Wildman–Crippen MR) is 94.1 cm³/mol. The van der Waals surface area contributed by atoms with Gasteiger partial charge in [-0.25, -0.2) is 4.68 Å². The van der Waals surface area contributed by atoms with Crippen LogP contribution >= 0.6 is 0 Å². The number of aromatic hydroxyl groups is 1. The van der Waals surface area contributed by atoms with Crippen molar-refractivity contribution in [2.24, 2.45) is 0 Å². The summed E-state index contributed by atoms with van der Waals surface area (Å²) >= 11 is 0. The third-order valence-electron chi connectivity index (χ3n) is 4.05. The van der Waals surface area contributed by atoms with E-state index in [0.717, 1.165) is 46.6 Å². The molecule has 0 fully saturated rings. The van der Waals surface area contributed by atoms with Crippen LogP contribution in [0.15, 0.2) is 48.5 Å². The van der Waals surface area contributed by atoms with E-state index in [9.17, 15) is 5.11 Å². The molecule has 0 aliphatic rings. The fourth-order valence-electron chi connectivity index (χ4n) is 2.89. The minimum absolute atomic E-state index is 0.292. The molecular formula is C20H22N2O. The molecule has 0 aliphatic carbocycles. The number of aryl methyl sites for hydroxylation is 3. The van der Waals surface area contributed by atoms with Crippen LogP contribution in [0.4, 0.5) is 0 Å². The Morgan fingerprint density at radius 1 is 1.04 bits per heavy atom. The second kappa shape index (κ2) is 6.29. The molecule has 23 heavy (non-hydrogen) atoms. The number of para-hydroxylation sites is 1. The molecule has 0 unspecified atom stereocenters. The van der Waals surface area contributed by atoms with E-state index in [1.807, 2.05) is 35.0 Å². The number of hydrogen-bond acceptors (Lipinski definition) is 2. The van der Waals surface area contributed by atoms with Crippen LogP contribution in [0.5, 0.6) is 5.75 Å². The van der Waals surface area contributed by atoms with Crippen molar-refractivity contribution < 1.29 is 5.11 Å². The Balaban J connectivity index is 2.27. The largest absolute Gasteiger partial charge is 0.504 e. The van der Waals surface area contributed by atoms with Gasteiger partial charge in [0.15, 0.2) is 5.75 Å². The van der Waals surface area contributed by atoms with Crippen LogP contribution in [0.2, 0.25) is 0 Å². The van der Waals surface area contributed by atoms with Crippen molar-refractivity contribution in [2.45, 2.75) is 33.6 Å². The zero-order valence-corrected chi connectivity index (χ0v) is 13.9. The minimum Gasteiger partial charge on any atom is -0.504 e. The maximum absolute atomic E-state index is 10.8. The summed E-state index contributed by atoms with van der Waals surface area (Å²) in [6, 6.07) is 16.3. The highest BCUT2D eigenvalue weighted by molar-refractivity contribution is 5.71. The van der Waals surface area contributed by atoms with E-state index in [1.54, 1.807) is 0 Å². The SMILES string of the molecule is CCCc1nn(-c2ccccc2C)c(-c2cccc(C)c2)c1O. The number of benzene rings is 2. The molecule has 118 valence electrons. The fraction of sp³-hybridized carbons (Fsp3) is 0.250. The lowest BCUT2D eigenvalue weighted by molar-refractivity contribution is 0.469. The van der Waals surface area contributed by atoms with E-state index >= 15 is 0 Å². The van der Waals surface area contributed by atoms with E-state index in [-0.39, 0.29) is 0 Å². The van der Waals surface area contributed by atoms with Crippen LogP contribution in [0.3, 0.4) is 0 Å². The molecule has 1 heterocycles. The molecule has 3 aromatic rings. The van der Waals surface area contributed by atoms with Crippen molar-refractivity contribution in [3.05, 3.63) is 65.4 Å². The second-order valence-electron chi connectivity index (χ2n) is 5.96. The predicted octanol–water partition coefficient (Wildman–Crippen LogP) is 4.81. The molecule has 0 saturated heterocycles. The first-order valence-corrected chi connectivity index (χ1v) is 8.05. The zero-order valence-electron chi connectivity index (χ0n) is 13.9. The summed E-state index contributed by atoms with van der Waals surface area (Å²) in [4.78, 5) is 0. The van der Waals surface area contributed by atoms with Gasteiger partial charge in [0.05, 0.1) is 5.69 Å². The summed E-state index contributed by atoms with van der Waals surface area (Å²) in [6.07, 6.45) is 1.72. The first kappa shape index (κ1) is 15.3. The average molecular weight is 306 g/mol. The molecule has 3 nitrogen and oxygen atoms in total. The van der Waals surface area contributed by atoms with Crippen LogP contribution < -0.4 is 0 Å². The Morgan fingerprint density at radius 3 is 2.52 bits per heavy atom. The first-order valence-electron chi connectivity index (χ1n) is 8.05. The lowest BCUT2D eigenvalue weighted by Gasteiger charge is -2.11. The van der Waals surface area contributed by atoms with Gasteiger partial charge in [-0.2, -0.15) is 5.10 Å². The van der Waals surface area contributed by atoms with Gasteiger partial charge < -0.3 is 5.11 Å². The molecule has 2 aromatic carbocycles. The van der Waals surface area contributed by atoms with Crippen molar-refractivity contribution in [1.82, 2.24) is 9.78 Å². The zero-order chi connectivity index (χ0) is 16.4. The molecule has 0 amide bonds. The van der Waals surface area contributed by atoms with Gasteiger partial charge in [0.2, 0.25) is 0 Å². The van der Waals surface area contributed by atoms with Crippen molar-refractivity contribution in [1.29, 1.82) is 0 Å². The normalized spacial score (nSPS) is 10.9. The average Bonchev–Trinajstić information content (AvgIpc) is 2.85. The maximum Gasteiger partial charge on any atom is 0.165 e. The Kier molecular flexibility index (Phi) is 4.20. The molecule has 1 N–H and O–H groups in total. The highest BCUT2D eigenvalue weighted by Gasteiger charge is 2.20. The minimum atomic E-state index is 0.292. The van der Waals surface area contributed by atoms with Crippen LogP contribution in [0.1, 0.15) is 30.2 Å². The highest BCUT2D eigenvalue weighted by Crippen LogP contribution is 2.35. The van der Waals surface area contributed by atoms with Crippen molar-refractivity contribution in [2.75, 3.05) is 0 Å². The molecule has 3 rings (SSSR count). The van der Waals surface area contributed by atoms with Crippen molar-refractivity contribution in [3.8, 4) is 22.7 Å². The summed E-state index contributed by atoms with van der Waals surface area (Å²) in [5, 5.41) is 15.5. The monoisotopic (exact) mass is 306 g/mol. The van der Waals surface area contributed by atoms with Crippen molar-refractivity contribution >= 4 is 0 Å². The van der Waals surface area contributed by atoms with E-state index < -0.39 is 0 Å². The van der Waals surface area contributed by atoms with E-state index in [2.05, 4.69) is 39.0 Å². The smallest absolute Gasteiger partial charge is 0.165 e. The van der Waals surface area contributed by atoms with Crippen molar-refractivity contribution in [3.63, 3.8) is 0 Å². The summed E-state index contributed by atoms with van der Waals surface area (Å²) < 4.78 is 1.88. The first-order chi connectivity index (χ1) is 11.1. The third-order valence-corrected chi connectivity index (χ3v) is 4.05. The Bertz CT molecular complexity index is 833. The van der Waals surface area contributed by atoms with Crippen LogP contribution in [0.25, 0.3) is 16.9 Å². The molecular weight excluding hydrogens is 284 g/mol. The molecule has 0 atom stereocenters. The number of nitrogens with zero attached hydrogens (tertiary/aromatic N) is 2. The molecule has 0 aliphatic heterocycles. The third kappa shape index (κ3) is 2.87. The molecule has 0 spiro atoms. The summed E-state index contributed by atoms with van der Waals surface area (Å²) in [7, 11) is 0. The summed E-state index contributed by atoms with van der Waals surface area (Å²) in [5.41, 5.74) is 5.81. The topological polar surface area (TPSA) is 38.0 Å². The van der Waals surface area contributed by atoms with E-state index in [1.165, 1.54) is 0 Å². The Labute approximate surface area is 137 Å². The van der Waals surface area contributed by atoms with Gasteiger partial charge in [-0.15, -0.1) is 0 Å². The number of hydrogen-bond donors (Lipinski definition) is 1. The van der Waals surface area contributed by atoms with Gasteiger partial charge in [0.1, 0.15) is 11.4 Å². The molecule has 0 saturated carbocycles. The quantitative estimate of drug-likeness (QED) is 0.751. The molecule has 0 radical (unpaired) electrons. The van der Waals surface area contributed by atoms with Crippen LogP contribution in [-0.4, -0.2) is 14.9 Å². The van der Waals surface area contributed by atoms with Gasteiger partial charge in [-0.05, 0) is 38.0 Å². The Hall–Kier alpha value is -2.55. The lowest BCUT2D eigenvalue weighted by Crippen LogP contribution is -2.02. The summed E-state index contributed by atoms with van der Waals surface area (Å²) in [5.74, 6) is 0.292. The number of rotatable bonds is 4. The molecule has 3 heteroatoms. The maximum atomic E-state index is 10.8. The van der Waals surface area contributed by atoms with Gasteiger partial charge in [0, 0.05) is 5.56 Å². The fourth-order valence-corrected chi connectivity index (χ4v) is 2.89. The second-order valence-corrected chi connectivity index (χ2v) is 5.96. The molecule has 1 aromatic heterocycles. The summed E-state index contributed by atoms with van der Waals surface area (Å²) in [6.45, 7) is 6.22. The Morgan fingerprint density at radius 2 is 1.83 bits per heavy atom. The van der Waals surface area contributed by atoms with E-state index in [4.69, 9.17) is 5.10 Å². The van der Waals surface area contributed by atoms with Crippen LogP contribution in [-0.2, 0) is 6.42 Å². The van der Waals surface area contributed by atoms with Gasteiger partial charge in [-0.1, -0.05) is 55.3 Å². The van der Waals surface area contributed by atoms with E-state index in [0.29, 0.717) is 5.75 Å². The van der Waals surface area contributed by atoms with Gasteiger partial charge >= 0.3 is 0 Å². The standard InChI is InChI=1S/C20H22N2O/c1-4-8-17-20(23)19(16-11-7-9-14(2)13-16)22(21-17)18-12-6-5-10-15(18)3/h5-7,9-13,23H,4,8H2,1-3H3. The van der Waals surface area contributed by atoms with Crippen LogP contribution in [0, 0.1) is 13.8 Å². The number of aromatic nitrogens is 2. The highest BCUT2D eigenvalue weighted by atomic mass is 16.3. The van der Waals surface area contributed by atoms with Gasteiger partial charge in [-0.3, -0.25) is 0 Å². The lowest BCUT2D eigenvalue weighted by atomic mass is 10.1. The van der Waals surface area contributed by atoms with Gasteiger partial charge in [0.25, 0.3) is 0 Å². The molecule has 0 bridgehead atoms.